The molecule has 2 N–H and O–H groups in total. The summed E-state index contributed by atoms with van der Waals surface area (Å²) < 4.78 is 7.25. The van der Waals surface area contributed by atoms with Crippen LogP contribution in [0.15, 0.2) is 35.7 Å². The number of nitrogens with zero attached hydrogens (tertiary/aromatic N) is 3. The summed E-state index contributed by atoms with van der Waals surface area (Å²) in [5.74, 6) is 2.24. The summed E-state index contributed by atoms with van der Waals surface area (Å²) in [7, 11) is 0. The summed E-state index contributed by atoms with van der Waals surface area (Å²) in [5.41, 5.74) is 5.75. The van der Waals surface area contributed by atoms with Gasteiger partial charge >= 0.3 is 0 Å². The first kappa shape index (κ1) is 11.0. The van der Waals surface area contributed by atoms with Crippen LogP contribution in [0.3, 0.4) is 0 Å². The van der Waals surface area contributed by atoms with Gasteiger partial charge in [0.05, 0.1) is 6.61 Å². The van der Waals surface area contributed by atoms with Crippen molar-refractivity contribution in [1.29, 1.82) is 0 Å². The molecule has 0 atom stereocenters. The van der Waals surface area contributed by atoms with Crippen LogP contribution in [0.4, 0.5) is 5.82 Å². The van der Waals surface area contributed by atoms with E-state index in [1.165, 1.54) is 11.3 Å². The number of aromatic nitrogens is 3. The second-order valence-corrected chi connectivity index (χ2v) is 4.63. The molecule has 5 nitrogen and oxygen atoms in total. The maximum absolute atomic E-state index is 5.75. The van der Waals surface area contributed by atoms with E-state index in [2.05, 4.69) is 10.1 Å². The van der Waals surface area contributed by atoms with Gasteiger partial charge in [-0.3, -0.25) is 0 Å². The molecule has 2 aromatic heterocycles. The largest absolute Gasteiger partial charge is 0.493 e. The van der Waals surface area contributed by atoms with Crippen molar-refractivity contribution in [3.05, 3.63) is 41.5 Å². The molecule has 0 aliphatic rings. The second kappa shape index (κ2) is 4.66. The number of thiazole rings is 1. The van der Waals surface area contributed by atoms with Crippen molar-refractivity contribution in [2.75, 3.05) is 12.3 Å². The molecule has 0 amide bonds. The molecule has 0 spiro atoms. The highest BCUT2D eigenvalue weighted by molar-refractivity contribution is 7.15. The third kappa shape index (κ3) is 2.14. The summed E-state index contributed by atoms with van der Waals surface area (Å²) in [6, 6.07) is 9.71. The minimum Gasteiger partial charge on any atom is -0.493 e. The van der Waals surface area contributed by atoms with Gasteiger partial charge in [-0.2, -0.15) is 4.52 Å². The van der Waals surface area contributed by atoms with E-state index in [0.29, 0.717) is 18.8 Å². The van der Waals surface area contributed by atoms with Crippen LogP contribution in [-0.2, 0) is 6.42 Å². The third-order valence-corrected chi connectivity index (χ3v) is 3.32. The van der Waals surface area contributed by atoms with Crippen LogP contribution in [0.5, 0.6) is 5.75 Å². The lowest BCUT2D eigenvalue weighted by molar-refractivity contribution is 0.319. The van der Waals surface area contributed by atoms with Crippen molar-refractivity contribution in [1.82, 2.24) is 14.6 Å². The van der Waals surface area contributed by atoms with Gasteiger partial charge in [0.2, 0.25) is 4.96 Å². The number of para-hydroxylation sites is 1. The molecule has 6 heteroatoms. The molecule has 3 rings (SSSR count). The minimum atomic E-state index is 0.557. The zero-order chi connectivity index (χ0) is 12.4. The van der Waals surface area contributed by atoms with E-state index in [0.717, 1.165) is 16.5 Å². The van der Waals surface area contributed by atoms with E-state index in [-0.39, 0.29) is 0 Å². The third-order valence-electron chi connectivity index (χ3n) is 2.49. The van der Waals surface area contributed by atoms with Gasteiger partial charge in [-0.05, 0) is 12.1 Å². The first-order chi connectivity index (χ1) is 8.83. The number of ether oxygens (including phenoxy) is 1. The smallest absolute Gasteiger partial charge is 0.214 e. The van der Waals surface area contributed by atoms with Crippen LogP contribution < -0.4 is 10.5 Å². The predicted octanol–water partition coefficient (Wildman–Crippen LogP) is 1.99. The first-order valence-electron chi connectivity index (χ1n) is 5.59. The maximum Gasteiger partial charge on any atom is 0.214 e. The van der Waals surface area contributed by atoms with Crippen molar-refractivity contribution in [2.24, 2.45) is 0 Å². The van der Waals surface area contributed by atoms with E-state index in [4.69, 9.17) is 10.5 Å². The Morgan fingerprint density at radius 3 is 2.89 bits per heavy atom. The van der Waals surface area contributed by atoms with Gasteiger partial charge in [-0.25, -0.2) is 4.98 Å². The quantitative estimate of drug-likeness (QED) is 0.779. The number of nitrogens with two attached hydrogens (primary N) is 1. The topological polar surface area (TPSA) is 65.4 Å². The van der Waals surface area contributed by atoms with Crippen molar-refractivity contribution < 1.29 is 4.74 Å². The predicted molar refractivity (Wildman–Crippen MR) is 70.9 cm³/mol. The molecule has 92 valence electrons. The molecule has 0 unspecified atom stereocenters. The fourth-order valence-electron chi connectivity index (χ4n) is 1.63. The van der Waals surface area contributed by atoms with E-state index >= 15 is 0 Å². The Balaban J connectivity index is 1.63. The molecule has 0 aliphatic carbocycles. The van der Waals surface area contributed by atoms with Crippen LogP contribution in [0.25, 0.3) is 4.96 Å². The SMILES string of the molecule is Nc1csc2nc(CCOc3ccccc3)nn12. The normalized spacial score (nSPS) is 10.9. The zero-order valence-electron chi connectivity index (χ0n) is 9.61. The van der Waals surface area contributed by atoms with Crippen LogP contribution >= 0.6 is 11.3 Å². The van der Waals surface area contributed by atoms with Crippen molar-refractivity contribution >= 4 is 22.1 Å². The summed E-state index contributed by atoms with van der Waals surface area (Å²) in [4.78, 5) is 5.20. The molecule has 1 aromatic carbocycles. The molecule has 0 saturated carbocycles. The summed E-state index contributed by atoms with van der Waals surface area (Å²) >= 11 is 1.49. The van der Waals surface area contributed by atoms with Gasteiger partial charge < -0.3 is 10.5 Å². The van der Waals surface area contributed by atoms with Gasteiger partial charge in [0.25, 0.3) is 0 Å². The Morgan fingerprint density at radius 2 is 2.11 bits per heavy atom. The number of anilines is 1. The van der Waals surface area contributed by atoms with Crippen molar-refractivity contribution in [3.63, 3.8) is 0 Å². The molecule has 0 radical (unpaired) electrons. The van der Waals surface area contributed by atoms with E-state index in [9.17, 15) is 0 Å². The number of rotatable bonds is 4. The molecule has 2 heterocycles. The highest BCUT2D eigenvalue weighted by Gasteiger charge is 2.07. The first-order valence-corrected chi connectivity index (χ1v) is 6.47. The lowest BCUT2D eigenvalue weighted by atomic mass is 10.3. The highest BCUT2D eigenvalue weighted by atomic mass is 32.1. The number of benzene rings is 1. The Hall–Kier alpha value is -2.08. The molecule has 0 aliphatic heterocycles. The molecule has 18 heavy (non-hydrogen) atoms. The molecular weight excluding hydrogens is 248 g/mol. The Morgan fingerprint density at radius 1 is 1.28 bits per heavy atom. The van der Waals surface area contributed by atoms with Crippen molar-refractivity contribution in [2.45, 2.75) is 6.42 Å². The average molecular weight is 260 g/mol. The van der Waals surface area contributed by atoms with Gasteiger partial charge in [-0.15, -0.1) is 16.4 Å². The van der Waals surface area contributed by atoms with Crippen molar-refractivity contribution in [3.8, 4) is 5.75 Å². The Labute approximate surface area is 108 Å². The van der Waals surface area contributed by atoms with E-state index < -0.39 is 0 Å². The number of fused-ring (bicyclic) bond motifs is 1. The van der Waals surface area contributed by atoms with E-state index in [1.54, 1.807) is 4.52 Å². The van der Waals surface area contributed by atoms with E-state index in [1.807, 2.05) is 35.7 Å². The fourth-order valence-corrected chi connectivity index (χ4v) is 2.36. The summed E-state index contributed by atoms with van der Waals surface area (Å²) in [6.07, 6.45) is 0.669. The molecule has 3 aromatic rings. The summed E-state index contributed by atoms with van der Waals surface area (Å²) in [6.45, 7) is 0.557. The van der Waals surface area contributed by atoms with Crippen LogP contribution in [0.1, 0.15) is 5.82 Å². The van der Waals surface area contributed by atoms with Gasteiger partial charge in [0.15, 0.2) is 5.82 Å². The number of nitrogen functional groups attached to an aromatic ring is 1. The van der Waals surface area contributed by atoms with Gasteiger partial charge in [0, 0.05) is 11.8 Å². The average Bonchev–Trinajstić information content (AvgIpc) is 2.94. The van der Waals surface area contributed by atoms with Crippen LogP contribution in [0, 0.1) is 0 Å². The fraction of sp³-hybridized carbons (Fsp3) is 0.167. The lowest BCUT2D eigenvalue weighted by Crippen LogP contribution is -2.03. The Kier molecular flexibility index (Phi) is 2.85. The standard InChI is InChI=1S/C12H12N4OS/c13-10-8-18-12-14-11(15-16(10)12)6-7-17-9-4-2-1-3-5-9/h1-5,8H,6-7,13H2. The van der Waals surface area contributed by atoms with Crippen LogP contribution in [0.2, 0.25) is 0 Å². The highest BCUT2D eigenvalue weighted by Crippen LogP contribution is 2.16. The molecular formula is C12H12N4OS. The minimum absolute atomic E-state index is 0.557. The molecule has 0 saturated heterocycles. The maximum atomic E-state index is 5.75. The van der Waals surface area contributed by atoms with Crippen LogP contribution in [-0.4, -0.2) is 21.2 Å². The summed E-state index contributed by atoms with van der Waals surface area (Å²) in [5, 5.41) is 6.15. The number of hydrogen-bond acceptors (Lipinski definition) is 5. The number of hydrogen-bond donors (Lipinski definition) is 1. The van der Waals surface area contributed by atoms with Gasteiger partial charge in [0.1, 0.15) is 11.6 Å². The molecule has 0 fully saturated rings. The monoisotopic (exact) mass is 260 g/mol. The lowest BCUT2D eigenvalue weighted by Gasteiger charge is -2.03. The van der Waals surface area contributed by atoms with Gasteiger partial charge in [-0.1, -0.05) is 18.2 Å². The zero-order valence-corrected chi connectivity index (χ0v) is 10.4. The second-order valence-electron chi connectivity index (χ2n) is 3.79. The molecule has 0 bridgehead atoms. The Bertz CT molecular complexity index is 646.